The Hall–Kier alpha value is -0.770. The lowest BCUT2D eigenvalue weighted by molar-refractivity contribution is -0.126. The van der Waals surface area contributed by atoms with Crippen LogP contribution in [-0.4, -0.2) is 30.8 Å². The van der Waals surface area contributed by atoms with E-state index in [2.05, 4.69) is 10.6 Å². The Labute approximate surface area is 83.0 Å². The van der Waals surface area contributed by atoms with Crippen molar-refractivity contribution in [3.8, 4) is 0 Å². The Morgan fingerprint density at radius 1 is 1.23 bits per heavy atom. The SMILES string of the molecule is CCNC(=O)CNC(=O)CCCCl. The highest BCUT2D eigenvalue weighted by Gasteiger charge is 2.03. The molecule has 0 heterocycles. The van der Waals surface area contributed by atoms with Crippen LogP contribution in [0, 0.1) is 0 Å². The maximum Gasteiger partial charge on any atom is 0.239 e. The molecule has 5 heteroatoms. The number of amides is 2. The van der Waals surface area contributed by atoms with Crippen molar-refractivity contribution in [3.63, 3.8) is 0 Å². The van der Waals surface area contributed by atoms with Crippen LogP contribution in [0.4, 0.5) is 0 Å². The lowest BCUT2D eigenvalue weighted by Gasteiger charge is -2.03. The molecule has 0 spiro atoms. The zero-order valence-corrected chi connectivity index (χ0v) is 8.49. The molecule has 2 N–H and O–H groups in total. The van der Waals surface area contributed by atoms with Crippen LogP contribution in [-0.2, 0) is 9.59 Å². The quantitative estimate of drug-likeness (QED) is 0.613. The molecule has 0 saturated carbocycles. The molecule has 0 rings (SSSR count). The molecule has 0 bridgehead atoms. The fourth-order valence-corrected chi connectivity index (χ4v) is 0.888. The highest BCUT2D eigenvalue weighted by atomic mass is 35.5. The number of hydrogen-bond donors (Lipinski definition) is 2. The van der Waals surface area contributed by atoms with E-state index in [0.717, 1.165) is 0 Å². The van der Waals surface area contributed by atoms with Crippen molar-refractivity contribution in [2.75, 3.05) is 19.0 Å². The lowest BCUT2D eigenvalue weighted by atomic mass is 10.3. The number of halogens is 1. The van der Waals surface area contributed by atoms with Crippen LogP contribution in [0.3, 0.4) is 0 Å². The molecular weight excluding hydrogens is 192 g/mol. The molecule has 0 fully saturated rings. The number of alkyl halides is 1. The van der Waals surface area contributed by atoms with Crippen molar-refractivity contribution in [2.45, 2.75) is 19.8 Å². The van der Waals surface area contributed by atoms with Gasteiger partial charge in [-0.15, -0.1) is 11.6 Å². The minimum atomic E-state index is -0.165. The zero-order chi connectivity index (χ0) is 10.1. The monoisotopic (exact) mass is 206 g/mol. The summed E-state index contributed by atoms with van der Waals surface area (Å²) in [5.41, 5.74) is 0. The third-order valence-corrected chi connectivity index (χ3v) is 1.62. The van der Waals surface area contributed by atoms with E-state index in [-0.39, 0.29) is 18.4 Å². The van der Waals surface area contributed by atoms with Crippen molar-refractivity contribution in [2.24, 2.45) is 0 Å². The second-order valence-electron chi connectivity index (χ2n) is 2.52. The molecule has 0 saturated heterocycles. The Morgan fingerprint density at radius 2 is 1.92 bits per heavy atom. The van der Waals surface area contributed by atoms with Crippen molar-refractivity contribution >= 4 is 23.4 Å². The molecule has 0 atom stereocenters. The molecular formula is C8H15ClN2O2. The van der Waals surface area contributed by atoms with Crippen LogP contribution in [0.25, 0.3) is 0 Å². The molecule has 0 aliphatic rings. The Kier molecular flexibility index (Phi) is 7.39. The summed E-state index contributed by atoms with van der Waals surface area (Å²) in [5, 5.41) is 5.07. The van der Waals surface area contributed by atoms with E-state index in [1.54, 1.807) is 0 Å². The average Bonchev–Trinajstić information content (AvgIpc) is 2.12. The maximum atomic E-state index is 11.0. The van der Waals surface area contributed by atoms with Crippen LogP contribution in [0.15, 0.2) is 0 Å². The summed E-state index contributed by atoms with van der Waals surface area (Å²) in [4.78, 5) is 21.8. The second-order valence-corrected chi connectivity index (χ2v) is 2.90. The first-order chi connectivity index (χ1) is 6.20. The minimum Gasteiger partial charge on any atom is -0.355 e. The topological polar surface area (TPSA) is 58.2 Å². The van der Waals surface area contributed by atoms with E-state index in [4.69, 9.17) is 11.6 Å². The van der Waals surface area contributed by atoms with Gasteiger partial charge in [0.15, 0.2) is 0 Å². The van der Waals surface area contributed by atoms with Gasteiger partial charge in [-0.25, -0.2) is 0 Å². The highest BCUT2D eigenvalue weighted by Crippen LogP contribution is 1.90. The van der Waals surface area contributed by atoms with Gasteiger partial charge in [-0.05, 0) is 13.3 Å². The molecule has 0 unspecified atom stereocenters. The predicted octanol–water partition coefficient (Wildman–Crippen LogP) is 0.258. The normalized spacial score (nSPS) is 9.38. The molecule has 0 aromatic heterocycles. The first-order valence-corrected chi connectivity index (χ1v) is 4.83. The minimum absolute atomic E-state index is 0.0506. The van der Waals surface area contributed by atoms with E-state index < -0.39 is 0 Å². The van der Waals surface area contributed by atoms with E-state index in [9.17, 15) is 9.59 Å². The number of nitrogens with one attached hydrogen (secondary N) is 2. The van der Waals surface area contributed by atoms with Crippen molar-refractivity contribution in [3.05, 3.63) is 0 Å². The lowest BCUT2D eigenvalue weighted by Crippen LogP contribution is -2.36. The van der Waals surface area contributed by atoms with Crippen molar-refractivity contribution in [1.82, 2.24) is 10.6 Å². The van der Waals surface area contributed by atoms with E-state index in [1.165, 1.54) is 0 Å². The zero-order valence-electron chi connectivity index (χ0n) is 7.73. The summed E-state index contributed by atoms with van der Waals surface area (Å²) in [6.45, 7) is 2.46. The van der Waals surface area contributed by atoms with Gasteiger partial charge >= 0.3 is 0 Å². The molecule has 76 valence electrons. The summed E-state index contributed by atoms with van der Waals surface area (Å²) in [7, 11) is 0. The first kappa shape index (κ1) is 12.2. The van der Waals surface area contributed by atoms with Gasteiger partial charge in [-0.2, -0.15) is 0 Å². The van der Waals surface area contributed by atoms with Gasteiger partial charge in [0, 0.05) is 18.8 Å². The Balaban J connectivity index is 3.40. The molecule has 13 heavy (non-hydrogen) atoms. The number of hydrogen-bond acceptors (Lipinski definition) is 2. The third-order valence-electron chi connectivity index (χ3n) is 1.36. The molecule has 0 aliphatic heterocycles. The van der Waals surface area contributed by atoms with Gasteiger partial charge in [0.05, 0.1) is 6.54 Å². The predicted molar refractivity (Wildman–Crippen MR) is 51.6 cm³/mol. The first-order valence-electron chi connectivity index (χ1n) is 4.30. The molecule has 0 radical (unpaired) electrons. The van der Waals surface area contributed by atoms with Gasteiger partial charge in [-0.1, -0.05) is 0 Å². The largest absolute Gasteiger partial charge is 0.355 e. The molecule has 0 aromatic rings. The van der Waals surface area contributed by atoms with Crippen LogP contribution in [0.2, 0.25) is 0 Å². The molecule has 0 aromatic carbocycles. The fraction of sp³-hybridized carbons (Fsp3) is 0.750. The van der Waals surface area contributed by atoms with Crippen LogP contribution in [0.5, 0.6) is 0 Å². The van der Waals surface area contributed by atoms with E-state index in [1.807, 2.05) is 6.92 Å². The number of carbonyl (C=O) groups is 2. The van der Waals surface area contributed by atoms with Crippen LogP contribution >= 0.6 is 11.6 Å². The smallest absolute Gasteiger partial charge is 0.239 e. The Bertz CT molecular complexity index is 174. The number of likely N-dealkylation sites (N-methyl/N-ethyl adjacent to an activating group) is 1. The number of rotatable bonds is 6. The van der Waals surface area contributed by atoms with Gasteiger partial charge in [0.25, 0.3) is 0 Å². The summed E-state index contributed by atoms with van der Waals surface area (Å²) in [5.74, 6) is 0.169. The fourth-order valence-electron chi connectivity index (χ4n) is 0.754. The van der Waals surface area contributed by atoms with Gasteiger partial charge < -0.3 is 10.6 Å². The molecule has 2 amide bonds. The second kappa shape index (κ2) is 7.86. The Morgan fingerprint density at radius 3 is 2.46 bits per heavy atom. The highest BCUT2D eigenvalue weighted by molar-refractivity contribution is 6.17. The van der Waals surface area contributed by atoms with E-state index >= 15 is 0 Å². The summed E-state index contributed by atoms with van der Waals surface area (Å²) in [6.07, 6.45) is 1.02. The van der Waals surface area contributed by atoms with Gasteiger partial charge in [0.2, 0.25) is 11.8 Å². The average molecular weight is 207 g/mol. The van der Waals surface area contributed by atoms with E-state index in [0.29, 0.717) is 25.3 Å². The third kappa shape index (κ3) is 7.59. The summed E-state index contributed by atoms with van der Waals surface area (Å²) in [6, 6.07) is 0. The van der Waals surface area contributed by atoms with Gasteiger partial charge in [-0.3, -0.25) is 9.59 Å². The van der Waals surface area contributed by atoms with Crippen molar-refractivity contribution in [1.29, 1.82) is 0 Å². The summed E-state index contributed by atoms with van der Waals surface area (Å²) < 4.78 is 0. The number of carbonyl (C=O) groups excluding carboxylic acids is 2. The summed E-state index contributed by atoms with van der Waals surface area (Å²) >= 11 is 5.40. The maximum absolute atomic E-state index is 11.0. The standard InChI is InChI=1S/C8H15ClN2O2/c1-2-10-8(13)6-11-7(12)4-3-5-9/h2-6H2,1H3,(H,10,13)(H,11,12). The van der Waals surface area contributed by atoms with Crippen LogP contribution in [0.1, 0.15) is 19.8 Å². The van der Waals surface area contributed by atoms with Crippen LogP contribution < -0.4 is 10.6 Å². The molecule has 0 aliphatic carbocycles. The van der Waals surface area contributed by atoms with Crippen molar-refractivity contribution < 1.29 is 9.59 Å². The van der Waals surface area contributed by atoms with Gasteiger partial charge in [0.1, 0.15) is 0 Å². The molecule has 4 nitrogen and oxygen atoms in total.